The number of rotatable bonds is 4. The third-order valence-electron chi connectivity index (χ3n) is 6.09. The zero-order valence-corrected chi connectivity index (χ0v) is 18.3. The predicted octanol–water partition coefficient (Wildman–Crippen LogP) is 2.97. The van der Waals surface area contributed by atoms with Crippen molar-refractivity contribution in [3.8, 4) is 0 Å². The number of carbonyl (C=O) groups excluding carboxylic acids is 3. The van der Waals surface area contributed by atoms with E-state index >= 15 is 0 Å². The second-order valence-electron chi connectivity index (χ2n) is 8.24. The van der Waals surface area contributed by atoms with Crippen LogP contribution in [-0.4, -0.2) is 69.8 Å². The van der Waals surface area contributed by atoms with E-state index in [-0.39, 0.29) is 31.4 Å². The monoisotopic (exact) mass is 475 g/mol. The number of aromatic nitrogens is 1. The lowest BCUT2D eigenvalue weighted by Crippen LogP contribution is -2.59. The highest BCUT2D eigenvalue weighted by Crippen LogP contribution is 2.34. The van der Waals surface area contributed by atoms with Crippen LogP contribution < -0.4 is 5.32 Å². The second kappa shape index (κ2) is 9.70. The van der Waals surface area contributed by atoms with Crippen molar-refractivity contribution in [2.24, 2.45) is 0 Å². The average molecular weight is 475 g/mol. The maximum atomic E-state index is 13.2. The van der Waals surface area contributed by atoms with E-state index in [2.05, 4.69) is 10.3 Å². The first-order valence-corrected chi connectivity index (χ1v) is 11.0. The van der Waals surface area contributed by atoms with Crippen LogP contribution in [0, 0.1) is 0 Å². The van der Waals surface area contributed by atoms with Crippen molar-refractivity contribution < 1.29 is 27.6 Å². The van der Waals surface area contributed by atoms with Gasteiger partial charge >= 0.3 is 24.0 Å². The molecule has 0 unspecified atom stereocenters. The quantitative estimate of drug-likeness (QED) is 0.689. The Hall–Kier alpha value is -3.63. The molecule has 3 heterocycles. The number of piperidine rings is 1. The first-order chi connectivity index (χ1) is 16.2. The van der Waals surface area contributed by atoms with Crippen LogP contribution in [0.2, 0.25) is 0 Å². The summed E-state index contributed by atoms with van der Waals surface area (Å²) in [6.45, 7) is 1.56. The molecule has 0 radical (unpaired) electrons. The Morgan fingerprint density at radius 3 is 2.35 bits per heavy atom. The molecule has 2 aromatic rings. The van der Waals surface area contributed by atoms with Gasteiger partial charge in [0.25, 0.3) is 0 Å². The number of pyridine rings is 1. The summed E-state index contributed by atoms with van der Waals surface area (Å²) in [6.07, 6.45) is -2.08. The molecule has 1 N–H and O–H groups in total. The first kappa shape index (κ1) is 23.5. The number of amides is 4. The molecular weight excluding hydrogens is 451 g/mol. The predicted molar refractivity (Wildman–Crippen MR) is 116 cm³/mol. The van der Waals surface area contributed by atoms with E-state index in [0.717, 1.165) is 6.07 Å². The molecule has 2 aliphatic heterocycles. The van der Waals surface area contributed by atoms with Gasteiger partial charge in [0.1, 0.15) is 0 Å². The minimum atomic E-state index is -4.58. The molecule has 4 amide bonds. The highest BCUT2D eigenvalue weighted by molar-refractivity contribution is 6.35. The van der Waals surface area contributed by atoms with Crippen LogP contribution in [0.1, 0.15) is 24.1 Å². The molecule has 2 saturated heterocycles. The molecule has 2 fully saturated rings. The number of nitrogens with zero attached hydrogens (tertiary/aromatic N) is 4. The van der Waals surface area contributed by atoms with Crippen LogP contribution in [0.3, 0.4) is 0 Å². The molecule has 11 heteroatoms. The van der Waals surface area contributed by atoms with Crippen molar-refractivity contribution >= 4 is 23.5 Å². The Bertz CT molecular complexity index is 1060. The number of likely N-dealkylation sites (tertiary alicyclic amines) is 1. The van der Waals surface area contributed by atoms with Crippen molar-refractivity contribution in [1.82, 2.24) is 19.7 Å². The molecule has 0 aliphatic carbocycles. The van der Waals surface area contributed by atoms with E-state index in [9.17, 15) is 27.6 Å². The number of urea groups is 1. The van der Waals surface area contributed by atoms with Crippen LogP contribution in [0.4, 0.5) is 23.7 Å². The summed E-state index contributed by atoms with van der Waals surface area (Å²) in [4.78, 5) is 46.5. The zero-order chi connectivity index (χ0) is 24.3. The SMILES string of the molecule is O=C(Nc1ccccc1C(F)(F)F)N1CCC(N2CCN(Cc3ccccn3)C(=O)C2=O)CC1. The molecule has 2 aliphatic rings. The van der Waals surface area contributed by atoms with Crippen molar-refractivity contribution in [3.05, 3.63) is 59.9 Å². The molecule has 1 aromatic carbocycles. The summed E-state index contributed by atoms with van der Waals surface area (Å²) >= 11 is 0. The summed E-state index contributed by atoms with van der Waals surface area (Å²) in [5, 5.41) is 2.35. The summed E-state index contributed by atoms with van der Waals surface area (Å²) in [7, 11) is 0. The van der Waals surface area contributed by atoms with Gasteiger partial charge in [-0.1, -0.05) is 18.2 Å². The summed E-state index contributed by atoms with van der Waals surface area (Å²) in [5.41, 5.74) is -0.513. The van der Waals surface area contributed by atoms with Crippen LogP contribution in [0.15, 0.2) is 48.7 Å². The molecule has 0 spiro atoms. The Balaban J connectivity index is 1.31. The lowest BCUT2D eigenvalue weighted by Gasteiger charge is -2.42. The lowest BCUT2D eigenvalue weighted by molar-refractivity contribution is -0.158. The van der Waals surface area contributed by atoms with Gasteiger partial charge in [-0.3, -0.25) is 14.6 Å². The first-order valence-electron chi connectivity index (χ1n) is 11.0. The van der Waals surface area contributed by atoms with Crippen LogP contribution in [0.5, 0.6) is 0 Å². The second-order valence-corrected chi connectivity index (χ2v) is 8.24. The molecule has 4 rings (SSSR count). The van der Waals surface area contributed by atoms with Crippen molar-refractivity contribution in [1.29, 1.82) is 0 Å². The number of hydrogen-bond donors (Lipinski definition) is 1. The number of halogens is 3. The van der Waals surface area contributed by atoms with Crippen molar-refractivity contribution in [3.63, 3.8) is 0 Å². The molecule has 0 atom stereocenters. The number of piperazine rings is 1. The standard InChI is InChI=1S/C23H24F3N5O3/c24-23(25,26)18-6-1-2-7-19(18)28-22(34)29-11-8-17(9-12-29)31-14-13-30(20(32)21(31)33)15-16-5-3-4-10-27-16/h1-7,10,17H,8-9,11-15H2,(H,28,34). The van der Waals surface area contributed by atoms with Gasteiger partial charge in [-0.05, 0) is 37.1 Å². The van der Waals surface area contributed by atoms with E-state index in [0.29, 0.717) is 31.6 Å². The van der Waals surface area contributed by atoms with Crippen LogP contribution in [0.25, 0.3) is 0 Å². The lowest BCUT2D eigenvalue weighted by atomic mass is 10.0. The van der Waals surface area contributed by atoms with Gasteiger partial charge in [0, 0.05) is 38.4 Å². The molecule has 0 saturated carbocycles. The van der Waals surface area contributed by atoms with Crippen LogP contribution >= 0.6 is 0 Å². The Morgan fingerprint density at radius 2 is 1.68 bits per heavy atom. The van der Waals surface area contributed by atoms with Gasteiger partial charge < -0.3 is 20.0 Å². The number of carbonyl (C=O) groups is 3. The Labute approximate surface area is 194 Å². The average Bonchev–Trinajstić information content (AvgIpc) is 2.83. The summed E-state index contributed by atoms with van der Waals surface area (Å²) < 4.78 is 39.5. The Kier molecular flexibility index (Phi) is 6.71. The molecule has 0 bridgehead atoms. The van der Waals surface area contributed by atoms with Gasteiger partial charge in [-0.2, -0.15) is 13.2 Å². The number of para-hydroxylation sites is 1. The number of hydrogen-bond acceptors (Lipinski definition) is 4. The van der Waals surface area contributed by atoms with E-state index in [4.69, 9.17) is 0 Å². The highest BCUT2D eigenvalue weighted by Gasteiger charge is 2.38. The number of benzene rings is 1. The summed E-state index contributed by atoms with van der Waals surface area (Å²) in [5.74, 6) is -1.16. The Morgan fingerprint density at radius 1 is 0.971 bits per heavy atom. The summed E-state index contributed by atoms with van der Waals surface area (Å²) in [6, 6.07) is 9.36. The normalized spacial score (nSPS) is 17.8. The van der Waals surface area contributed by atoms with E-state index < -0.39 is 29.6 Å². The molecule has 8 nitrogen and oxygen atoms in total. The van der Waals surface area contributed by atoms with Gasteiger partial charge in [0.15, 0.2) is 0 Å². The third-order valence-corrected chi connectivity index (χ3v) is 6.09. The van der Waals surface area contributed by atoms with Gasteiger partial charge in [0.2, 0.25) is 0 Å². The van der Waals surface area contributed by atoms with Crippen molar-refractivity contribution in [2.75, 3.05) is 31.5 Å². The molecule has 180 valence electrons. The number of alkyl halides is 3. The highest BCUT2D eigenvalue weighted by atomic mass is 19.4. The molecule has 34 heavy (non-hydrogen) atoms. The van der Waals surface area contributed by atoms with Crippen LogP contribution in [-0.2, 0) is 22.3 Å². The maximum absolute atomic E-state index is 13.2. The molecular formula is C23H24F3N5O3. The van der Waals surface area contributed by atoms with Crippen molar-refractivity contribution in [2.45, 2.75) is 31.6 Å². The van der Waals surface area contributed by atoms with E-state index in [1.165, 1.54) is 28.0 Å². The fraction of sp³-hybridized carbons (Fsp3) is 0.391. The minimum Gasteiger partial charge on any atom is -0.330 e. The smallest absolute Gasteiger partial charge is 0.330 e. The largest absolute Gasteiger partial charge is 0.418 e. The van der Waals surface area contributed by atoms with Gasteiger partial charge in [-0.25, -0.2) is 4.79 Å². The topological polar surface area (TPSA) is 85.8 Å². The zero-order valence-electron chi connectivity index (χ0n) is 18.3. The fourth-order valence-corrected chi connectivity index (χ4v) is 4.29. The van der Waals surface area contributed by atoms with E-state index in [1.807, 2.05) is 6.07 Å². The number of anilines is 1. The minimum absolute atomic E-state index is 0.208. The van der Waals surface area contributed by atoms with E-state index in [1.54, 1.807) is 23.2 Å². The third kappa shape index (κ3) is 5.13. The van der Waals surface area contributed by atoms with Gasteiger partial charge in [-0.15, -0.1) is 0 Å². The molecule has 1 aromatic heterocycles. The maximum Gasteiger partial charge on any atom is 0.418 e. The van der Waals surface area contributed by atoms with Gasteiger partial charge in [0.05, 0.1) is 23.5 Å². The fourth-order valence-electron chi connectivity index (χ4n) is 4.29. The number of nitrogens with one attached hydrogen (secondary N) is 1.